The van der Waals surface area contributed by atoms with Gasteiger partial charge in [-0.2, -0.15) is 0 Å². The molecule has 0 aliphatic heterocycles. The number of carbonyl (C=O) groups is 2. The Balaban J connectivity index is 2.04. The van der Waals surface area contributed by atoms with Gasteiger partial charge in [-0.15, -0.1) is 0 Å². The number of carbonyl (C=O) groups excluding carboxylic acids is 2. The van der Waals surface area contributed by atoms with Crippen molar-refractivity contribution in [1.29, 1.82) is 0 Å². The Morgan fingerprint density at radius 1 is 1.21 bits per heavy atom. The summed E-state index contributed by atoms with van der Waals surface area (Å²) in [7, 11) is 0. The molecule has 1 amide bonds. The van der Waals surface area contributed by atoms with Gasteiger partial charge in [0.25, 0.3) is 11.6 Å². The summed E-state index contributed by atoms with van der Waals surface area (Å²) in [6.45, 7) is 1.42. The summed E-state index contributed by atoms with van der Waals surface area (Å²) in [5.74, 6) is -1.32. The first-order valence-corrected chi connectivity index (χ1v) is 7.68. The SMILES string of the molecule is CC(OC(=O)c1ccc(Br)c([N+](=O)[O-])c1)C(=O)Nc1ccccc1. The standard InChI is InChI=1S/C16H13BrN2O5/c1-10(15(20)18-12-5-3-2-4-6-12)24-16(21)11-7-8-13(17)14(9-11)19(22)23/h2-10H,1H3,(H,18,20). The molecule has 0 aliphatic rings. The second-order valence-corrected chi connectivity index (χ2v) is 5.68. The number of rotatable bonds is 5. The number of esters is 1. The quantitative estimate of drug-likeness (QED) is 0.476. The largest absolute Gasteiger partial charge is 0.449 e. The molecular weight excluding hydrogens is 380 g/mol. The summed E-state index contributed by atoms with van der Waals surface area (Å²) in [6.07, 6.45) is -1.06. The van der Waals surface area contributed by atoms with Gasteiger partial charge in [0.15, 0.2) is 6.10 Å². The minimum Gasteiger partial charge on any atom is -0.449 e. The van der Waals surface area contributed by atoms with Crippen molar-refractivity contribution in [2.75, 3.05) is 5.32 Å². The van der Waals surface area contributed by atoms with Crippen molar-refractivity contribution in [1.82, 2.24) is 0 Å². The van der Waals surface area contributed by atoms with Crippen LogP contribution in [-0.4, -0.2) is 22.9 Å². The molecule has 0 saturated heterocycles. The van der Waals surface area contributed by atoms with E-state index in [1.807, 2.05) is 0 Å². The summed E-state index contributed by atoms with van der Waals surface area (Å²) in [5, 5.41) is 13.5. The minimum absolute atomic E-state index is 0.00994. The van der Waals surface area contributed by atoms with E-state index in [0.29, 0.717) is 5.69 Å². The number of ether oxygens (including phenoxy) is 1. The van der Waals surface area contributed by atoms with E-state index in [1.165, 1.54) is 19.1 Å². The Morgan fingerprint density at radius 3 is 2.50 bits per heavy atom. The van der Waals surface area contributed by atoms with Crippen molar-refractivity contribution in [2.24, 2.45) is 0 Å². The average molecular weight is 393 g/mol. The third-order valence-corrected chi connectivity index (χ3v) is 3.74. The van der Waals surface area contributed by atoms with Gasteiger partial charge in [-0.1, -0.05) is 18.2 Å². The number of nitro benzene ring substituents is 1. The van der Waals surface area contributed by atoms with Crippen molar-refractivity contribution in [3.8, 4) is 0 Å². The first-order chi connectivity index (χ1) is 11.4. The van der Waals surface area contributed by atoms with Crippen LogP contribution in [0.5, 0.6) is 0 Å². The van der Waals surface area contributed by atoms with Crippen LogP contribution in [0.3, 0.4) is 0 Å². The molecule has 0 fully saturated rings. The summed E-state index contributed by atoms with van der Waals surface area (Å²) in [5.41, 5.74) is 0.305. The van der Waals surface area contributed by atoms with E-state index < -0.39 is 22.9 Å². The lowest BCUT2D eigenvalue weighted by Gasteiger charge is -2.13. The van der Waals surface area contributed by atoms with Crippen molar-refractivity contribution < 1.29 is 19.2 Å². The molecule has 0 spiro atoms. The van der Waals surface area contributed by atoms with E-state index in [0.717, 1.165) is 6.07 Å². The van der Waals surface area contributed by atoms with E-state index in [4.69, 9.17) is 4.74 Å². The molecule has 1 N–H and O–H groups in total. The molecule has 0 saturated carbocycles. The van der Waals surface area contributed by atoms with Gasteiger partial charge in [-0.05, 0) is 47.1 Å². The Morgan fingerprint density at radius 2 is 1.88 bits per heavy atom. The van der Waals surface area contributed by atoms with Crippen LogP contribution in [-0.2, 0) is 9.53 Å². The monoisotopic (exact) mass is 392 g/mol. The first kappa shape index (κ1) is 17.6. The molecule has 2 aromatic carbocycles. The van der Waals surface area contributed by atoms with E-state index in [1.54, 1.807) is 30.3 Å². The molecule has 1 atom stereocenters. The van der Waals surface area contributed by atoms with Crippen molar-refractivity contribution in [3.63, 3.8) is 0 Å². The number of amides is 1. The predicted octanol–water partition coefficient (Wildman–Crippen LogP) is 3.54. The average Bonchev–Trinajstić information content (AvgIpc) is 2.55. The van der Waals surface area contributed by atoms with Gasteiger partial charge in [0.1, 0.15) is 0 Å². The van der Waals surface area contributed by atoms with Gasteiger partial charge in [-0.25, -0.2) is 4.79 Å². The maximum atomic E-state index is 12.1. The van der Waals surface area contributed by atoms with Crippen LogP contribution >= 0.6 is 15.9 Å². The zero-order valence-corrected chi connectivity index (χ0v) is 14.1. The van der Waals surface area contributed by atoms with E-state index in [2.05, 4.69) is 21.2 Å². The Hall–Kier alpha value is -2.74. The zero-order valence-electron chi connectivity index (χ0n) is 12.6. The van der Waals surface area contributed by atoms with E-state index in [9.17, 15) is 19.7 Å². The van der Waals surface area contributed by atoms with Crippen LogP contribution in [0, 0.1) is 10.1 Å². The molecule has 8 heteroatoms. The number of nitrogens with one attached hydrogen (secondary N) is 1. The van der Waals surface area contributed by atoms with E-state index >= 15 is 0 Å². The second-order valence-electron chi connectivity index (χ2n) is 4.83. The van der Waals surface area contributed by atoms with Crippen LogP contribution in [0.1, 0.15) is 17.3 Å². The van der Waals surface area contributed by atoms with E-state index in [-0.39, 0.29) is 15.7 Å². The highest BCUT2D eigenvalue weighted by atomic mass is 79.9. The van der Waals surface area contributed by atoms with Gasteiger partial charge in [-0.3, -0.25) is 14.9 Å². The number of nitrogens with zero attached hydrogens (tertiary/aromatic N) is 1. The molecule has 0 aliphatic carbocycles. The topological polar surface area (TPSA) is 98.5 Å². The number of nitro groups is 1. The lowest BCUT2D eigenvalue weighted by Crippen LogP contribution is -2.30. The summed E-state index contributed by atoms with van der Waals surface area (Å²) in [4.78, 5) is 34.3. The van der Waals surface area contributed by atoms with Crippen molar-refractivity contribution in [3.05, 3.63) is 68.7 Å². The molecule has 124 valence electrons. The molecule has 0 aromatic heterocycles. The fourth-order valence-corrected chi connectivity index (χ4v) is 2.22. The molecule has 0 heterocycles. The molecule has 0 radical (unpaired) electrons. The number of anilines is 1. The Bertz CT molecular complexity index is 779. The molecule has 0 bridgehead atoms. The second kappa shape index (κ2) is 7.69. The molecule has 1 unspecified atom stereocenters. The number of hydrogen-bond acceptors (Lipinski definition) is 5. The highest BCUT2D eigenvalue weighted by Crippen LogP contribution is 2.26. The lowest BCUT2D eigenvalue weighted by atomic mass is 10.2. The van der Waals surface area contributed by atoms with Gasteiger partial charge in [0.05, 0.1) is 15.0 Å². The highest BCUT2D eigenvalue weighted by molar-refractivity contribution is 9.10. The van der Waals surface area contributed by atoms with Gasteiger partial charge >= 0.3 is 5.97 Å². The Labute approximate surface area is 145 Å². The van der Waals surface area contributed by atoms with Gasteiger partial charge < -0.3 is 10.1 Å². The maximum Gasteiger partial charge on any atom is 0.339 e. The third-order valence-electron chi connectivity index (χ3n) is 3.07. The number of hydrogen-bond donors (Lipinski definition) is 1. The van der Waals surface area contributed by atoms with Crippen molar-refractivity contribution in [2.45, 2.75) is 13.0 Å². The number of benzene rings is 2. The number of para-hydroxylation sites is 1. The van der Waals surface area contributed by atoms with Crippen LogP contribution in [0.2, 0.25) is 0 Å². The molecule has 2 rings (SSSR count). The first-order valence-electron chi connectivity index (χ1n) is 6.89. The lowest BCUT2D eigenvalue weighted by molar-refractivity contribution is -0.385. The fraction of sp³-hybridized carbons (Fsp3) is 0.125. The summed E-state index contributed by atoms with van der Waals surface area (Å²) >= 11 is 3.03. The molecule has 7 nitrogen and oxygen atoms in total. The maximum absolute atomic E-state index is 12.1. The number of halogens is 1. The smallest absolute Gasteiger partial charge is 0.339 e. The van der Waals surface area contributed by atoms with Crippen LogP contribution in [0.15, 0.2) is 53.0 Å². The van der Waals surface area contributed by atoms with Crippen LogP contribution in [0.25, 0.3) is 0 Å². The highest BCUT2D eigenvalue weighted by Gasteiger charge is 2.21. The van der Waals surface area contributed by atoms with Crippen LogP contribution < -0.4 is 5.32 Å². The summed E-state index contributed by atoms with van der Waals surface area (Å²) in [6, 6.07) is 12.6. The minimum atomic E-state index is -1.06. The van der Waals surface area contributed by atoms with Crippen LogP contribution in [0.4, 0.5) is 11.4 Å². The van der Waals surface area contributed by atoms with Gasteiger partial charge in [0, 0.05) is 11.8 Å². The normalized spacial score (nSPS) is 11.4. The molecule has 24 heavy (non-hydrogen) atoms. The summed E-state index contributed by atoms with van der Waals surface area (Å²) < 4.78 is 5.31. The van der Waals surface area contributed by atoms with Gasteiger partial charge in [0.2, 0.25) is 0 Å². The zero-order chi connectivity index (χ0) is 17.7. The molecular formula is C16H13BrN2O5. The third kappa shape index (κ3) is 4.39. The fourth-order valence-electron chi connectivity index (χ4n) is 1.83. The molecule has 2 aromatic rings. The van der Waals surface area contributed by atoms with Crippen molar-refractivity contribution >= 4 is 39.2 Å². The predicted molar refractivity (Wildman–Crippen MR) is 90.7 cm³/mol. The Kier molecular flexibility index (Phi) is 5.64.